The normalized spacial score (nSPS) is 15.6. The van der Waals surface area contributed by atoms with Gasteiger partial charge in [0.2, 0.25) is 0 Å². The second-order valence-electron chi connectivity index (χ2n) is 5.51. The molecular weight excluding hydrogens is 282 g/mol. The lowest BCUT2D eigenvalue weighted by Crippen LogP contribution is -2.48. The van der Waals surface area contributed by atoms with E-state index in [-0.39, 0.29) is 0 Å². The van der Waals surface area contributed by atoms with Crippen molar-refractivity contribution in [3.8, 4) is 0 Å². The van der Waals surface area contributed by atoms with E-state index in [0.717, 1.165) is 36.7 Å². The molecule has 1 aliphatic heterocycles. The van der Waals surface area contributed by atoms with Crippen molar-refractivity contribution in [1.82, 2.24) is 19.5 Å². The third-order valence-electron chi connectivity index (χ3n) is 3.99. The fraction of sp³-hybridized carbons (Fsp3) is 0.400. The van der Waals surface area contributed by atoms with Gasteiger partial charge in [0.15, 0.2) is 0 Å². The number of aryl methyl sites for hydroxylation is 1. The number of nitrogens with zero attached hydrogens (tertiary/aromatic N) is 5. The number of hydrogen-bond acceptors (Lipinski definition) is 5. The predicted molar refractivity (Wildman–Crippen MR) is 84.7 cm³/mol. The van der Waals surface area contributed by atoms with E-state index < -0.39 is 0 Å². The van der Waals surface area contributed by atoms with Gasteiger partial charge in [-0.3, -0.25) is 0 Å². The monoisotopic (exact) mass is 299 g/mol. The SMILES string of the molecule is CCc1cc2c(N3CC(Cn4ccnc4)C3)ncnc2s1. The van der Waals surface area contributed by atoms with Crippen molar-refractivity contribution in [2.45, 2.75) is 19.9 Å². The van der Waals surface area contributed by atoms with E-state index in [9.17, 15) is 0 Å². The third-order valence-corrected chi connectivity index (χ3v) is 5.18. The van der Waals surface area contributed by atoms with Crippen molar-refractivity contribution < 1.29 is 0 Å². The van der Waals surface area contributed by atoms with Crippen molar-refractivity contribution in [3.63, 3.8) is 0 Å². The first-order chi connectivity index (χ1) is 10.3. The summed E-state index contributed by atoms with van der Waals surface area (Å²) in [6.07, 6.45) is 8.50. The highest BCUT2D eigenvalue weighted by molar-refractivity contribution is 7.18. The van der Waals surface area contributed by atoms with Crippen molar-refractivity contribution in [2.75, 3.05) is 18.0 Å². The van der Waals surface area contributed by atoms with Gasteiger partial charge in [-0.05, 0) is 12.5 Å². The number of hydrogen-bond donors (Lipinski definition) is 0. The van der Waals surface area contributed by atoms with E-state index in [1.165, 1.54) is 10.3 Å². The summed E-state index contributed by atoms with van der Waals surface area (Å²) < 4.78 is 2.15. The molecule has 0 unspecified atom stereocenters. The first-order valence-electron chi connectivity index (χ1n) is 7.27. The van der Waals surface area contributed by atoms with Gasteiger partial charge in [0, 0.05) is 42.8 Å². The van der Waals surface area contributed by atoms with Crippen LogP contribution in [0.25, 0.3) is 10.2 Å². The van der Waals surface area contributed by atoms with Crippen LogP contribution < -0.4 is 4.90 Å². The number of fused-ring (bicyclic) bond motifs is 1. The molecule has 21 heavy (non-hydrogen) atoms. The lowest BCUT2D eigenvalue weighted by atomic mass is 10.00. The molecule has 1 saturated heterocycles. The molecule has 0 atom stereocenters. The average molecular weight is 299 g/mol. The molecule has 0 spiro atoms. The molecule has 108 valence electrons. The van der Waals surface area contributed by atoms with Gasteiger partial charge in [0.1, 0.15) is 17.0 Å². The number of anilines is 1. The molecule has 0 amide bonds. The second-order valence-corrected chi connectivity index (χ2v) is 6.63. The lowest BCUT2D eigenvalue weighted by Gasteiger charge is -2.40. The summed E-state index contributed by atoms with van der Waals surface area (Å²) >= 11 is 1.78. The molecule has 0 bridgehead atoms. The number of rotatable bonds is 4. The predicted octanol–water partition coefficient (Wildman–Crippen LogP) is 2.59. The van der Waals surface area contributed by atoms with Crippen LogP contribution in [0, 0.1) is 5.92 Å². The van der Waals surface area contributed by atoms with Crippen LogP contribution in [-0.2, 0) is 13.0 Å². The van der Waals surface area contributed by atoms with Crippen molar-refractivity contribution in [1.29, 1.82) is 0 Å². The first-order valence-corrected chi connectivity index (χ1v) is 8.09. The Labute approximate surface area is 127 Å². The average Bonchev–Trinajstić information content (AvgIpc) is 3.10. The highest BCUT2D eigenvalue weighted by atomic mass is 32.1. The Bertz CT molecular complexity index is 743. The molecule has 5 nitrogen and oxygen atoms in total. The summed E-state index contributed by atoms with van der Waals surface area (Å²) in [5.41, 5.74) is 0. The van der Waals surface area contributed by atoms with Gasteiger partial charge in [-0.25, -0.2) is 15.0 Å². The Morgan fingerprint density at radius 1 is 1.33 bits per heavy atom. The Balaban J connectivity index is 1.52. The molecule has 1 fully saturated rings. The minimum absolute atomic E-state index is 0.675. The Hall–Kier alpha value is -1.95. The molecule has 1 aliphatic rings. The minimum Gasteiger partial charge on any atom is -0.355 e. The Morgan fingerprint density at radius 3 is 3.00 bits per heavy atom. The van der Waals surface area contributed by atoms with Crippen LogP contribution in [0.4, 0.5) is 5.82 Å². The fourth-order valence-electron chi connectivity index (χ4n) is 2.87. The molecule has 4 rings (SSSR count). The number of imidazole rings is 1. The maximum absolute atomic E-state index is 4.51. The second kappa shape index (κ2) is 5.11. The van der Waals surface area contributed by atoms with E-state index in [4.69, 9.17) is 0 Å². The zero-order valence-electron chi connectivity index (χ0n) is 11.9. The van der Waals surface area contributed by atoms with Crippen LogP contribution in [-0.4, -0.2) is 32.6 Å². The molecule has 0 aliphatic carbocycles. The maximum atomic E-state index is 4.51. The first kappa shape index (κ1) is 12.8. The van der Waals surface area contributed by atoms with Crippen LogP contribution >= 0.6 is 11.3 Å². The molecule has 0 aromatic carbocycles. The van der Waals surface area contributed by atoms with Crippen molar-refractivity contribution in [3.05, 3.63) is 36.0 Å². The summed E-state index contributed by atoms with van der Waals surface area (Å²) in [5.74, 6) is 1.77. The maximum Gasteiger partial charge on any atom is 0.140 e. The lowest BCUT2D eigenvalue weighted by molar-refractivity contribution is 0.356. The minimum atomic E-state index is 0.675. The summed E-state index contributed by atoms with van der Waals surface area (Å²) in [6, 6.07) is 2.25. The molecule has 4 heterocycles. The summed E-state index contributed by atoms with van der Waals surface area (Å²) in [7, 11) is 0. The van der Waals surface area contributed by atoms with Crippen LogP contribution in [0.3, 0.4) is 0 Å². The molecule has 0 N–H and O–H groups in total. The highest BCUT2D eigenvalue weighted by Crippen LogP contribution is 2.33. The van der Waals surface area contributed by atoms with Gasteiger partial charge >= 0.3 is 0 Å². The van der Waals surface area contributed by atoms with Crippen LogP contribution in [0.1, 0.15) is 11.8 Å². The molecule has 0 saturated carbocycles. The third kappa shape index (κ3) is 2.29. The molecular formula is C15H17N5S. The van der Waals surface area contributed by atoms with Gasteiger partial charge in [-0.2, -0.15) is 0 Å². The summed E-state index contributed by atoms with van der Waals surface area (Å²) in [5, 5.41) is 1.21. The van der Waals surface area contributed by atoms with E-state index >= 15 is 0 Å². The summed E-state index contributed by atoms with van der Waals surface area (Å²) in [6.45, 7) is 5.33. The summed E-state index contributed by atoms with van der Waals surface area (Å²) in [4.78, 5) is 17.8. The molecule has 6 heteroatoms. The van der Waals surface area contributed by atoms with Crippen LogP contribution in [0.15, 0.2) is 31.1 Å². The zero-order valence-corrected chi connectivity index (χ0v) is 12.8. The largest absolute Gasteiger partial charge is 0.355 e. The van der Waals surface area contributed by atoms with Gasteiger partial charge in [0.25, 0.3) is 0 Å². The fourth-order valence-corrected chi connectivity index (χ4v) is 3.80. The Morgan fingerprint density at radius 2 is 2.24 bits per heavy atom. The van der Waals surface area contributed by atoms with E-state index in [0.29, 0.717) is 5.92 Å². The van der Waals surface area contributed by atoms with Crippen molar-refractivity contribution >= 4 is 27.4 Å². The Kier molecular flexibility index (Phi) is 3.11. The van der Waals surface area contributed by atoms with Gasteiger partial charge < -0.3 is 9.47 Å². The molecule has 0 radical (unpaired) electrons. The molecule has 3 aromatic heterocycles. The number of thiophene rings is 1. The van der Waals surface area contributed by atoms with Crippen LogP contribution in [0.5, 0.6) is 0 Å². The highest BCUT2D eigenvalue weighted by Gasteiger charge is 2.29. The van der Waals surface area contributed by atoms with Crippen LogP contribution in [0.2, 0.25) is 0 Å². The number of aromatic nitrogens is 4. The van der Waals surface area contributed by atoms with Crippen molar-refractivity contribution in [2.24, 2.45) is 5.92 Å². The smallest absolute Gasteiger partial charge is 0.140 e. The standard InChI is InChI=1S/C15H17N5S/c1-2-12-5-13-14(17-9-18-15(13)21-12)20-7-11(8-20)6-19-4-3-16-10-19/h3-5,9-11H,2,6-8H2,1H3. The van der Waals surface area contributed by atoms with Gasteiger partial charge in [-0.1, -0.05) is 6.92 Å². The zero-order chi connectivity index (χ0) is 14.2. The van der Waals surface area contributed by atoms with Gasteiger partial charge in [0.05, 0.1) is 11.7 Å². The van der Waals surface area contributed by atoms with E-state index in [2.05, 4.69) is 37.4 Å². The topological polar surface area (TPSA) is 46.8 Å². The quantitative estimate of drug-likeness (QED) is 0.743. The van der Waals surface area contributed by atoms with E-state index in [1.54, 1.807) is 17.7 Å². The van der Waals surface area contributed by atoms with E-state index in [1.807, 2.05) is 18.7 Å². The van der Waals surface area contributed by atoms with Gasteiger partial charge in [-0.15, -0.1) is 11.3 Å². The molecule has 3 aromatic rings.